The Morgan fingerprint density at radius 1 is 1.00 bits per heavy atom. The van der Waals surface area contributed by atoms with Crippen LogP contribution in [0.15, 0.2) is 72.0 Å². The minimum atomic E-state index is -0.396. The number of nitrogens with one attached hydrogen (secondary N) is 2. The molecule has 0 bridgehead atoms. The van der Waals surface area contributed by atoms with Crippen molar-refractivity contribution in [3.05, 3.63) is 89.1 Å². The van der Waals surface area contributed by atoms with E-state index < -0.39 is 5.91 Å². The molecule has 0 fully saturated rings. The van der Waals surface area contributed by atoms with E-state index in [0.717, 1.165) is 5.56 Å². The first-order chi connectivity index (χ1) is 15.0. The molecule has 154 valence electrons. The Labute approximate surface area is 180 Å². The number of para-hydroxylation sites is 1. The van der Waals surface area contributed by atoms with E-state index in [1.54, 1.807) is 71.9 Å². The molecule has 0 saturated carbocycles. The Morgan fingerprint density at radius 3 is 2.39 bits per heavy atom. The van der Waals surface area contributed by atoms with Crippen molar-refractivity contribution < 1.29 is 9.59 Å². The molecule has 7 nitrogen and oxygen atoms in total. The van der Waals surface area contributed by atoms with Crippen LogP contribution in [-0.4, -0.2) is 42.1 Å². The van der Waals surface area contributed by atoms with E-state index in [2.05, 4.69) is 26.6 Å². The van der Waals surface area contributed by atoms with Crippen molar-refractivity contribution in [1.29, 1.82) is 0 Å². The predicted molar refractivity (Wildman–Crippen MR) is 122 cm³/mol. The number of carbonyl (C=O) groups excluding carboxylic acids is 2. The van der Waals surface area contributed by atoms with Gasteiger partial charge in [-0.3, -0.25) is 9.59 Å². The summed E-state index contributed by atoms with van der Waals surface area (Å²) >= 11 is 0. The first-order valence-corrected chi connectivity index (χ1v) is 9.42. The molecule has 0 aliphatic rings. The summed E-state index contributed by atoms with van der Waals surface area (Å²) in [5.74, 6) is 2.11. The summed E-state index contributed by atoms with van der Waals surface area (Å²) in [5.41, 5.74) is 2.65. The number of amides is 2. The summed E-state index contributed by atoms with van der Waals surface area (Å²) in [5, 5.41) is 11.3. The number of nitrogens with zero attached hydrogens (tertiary/aromatic N) is 3. The van der Waals surface area contributed by atoms with E-state index >= 15 is 0 Å². The van der Waals surface area contributed by atoms with Crippen LogP contribution in [0.4, 0.5) is 11.5 Å². The van der Waals surface area contributed by atoms with Crippen molar-refractivity contribution in [3.63, 3.8) is 0 Å². The predicted octanol–water partition coefficient (Wildman–Crippen LogP) is 3.46. The van der Waals surface area contributed by atoms with Gasteiger partial charge in [0.2, 0.25) is 0 Å². The molecule has 0 aliphatic heterocycles. The highest BCUT2D eigenvalue weighted by Crippen LogP contribution is 2.18. The lowest BCUT2D eigenvalue weighted by molar-refractivity contribution is 0.102. The third-order valence-corrected chi connectivity index (χ3v) is 4.20. The third-order valence-electron chi connectivity index (χ3n) is 4.20. The number of carbonyl (C=O) groups is 2. The number of rotatable bonds is 6. The second kappa shape index (κ2) is 9.85. The zero-order chi connectivity index (χ0) is 22.2. The topological polar surface area (TPSA) is 86.7 Å². The fourth-order valence-corrected chi connectivity index (χ4v) is 2.62. The van der Waals surface area contributed by atoms with Crippen molar-refractivity contribution in [2.24, 2.45) is 5.10 Å². The molecule has 3 rings (SSSR count). The number of pyridine rings is 1. The van der Waals surface area contributed by atoms with Crippen LogP contribution >= 0.6 is 0 Å². The van der Waals surface area contributed by atoms with Gasteiger partial charge in [-0.1, -0.05) is 30.2 Å². The fourth-order valence-electron chi connectivity index (χ4n) is 2.62. The molecule has 0 radical (unpaired) electrons. The summed E-state index contributed by atoms with van der Waals surface area (Å²) in [7, 11) is 3.66. The van der Waals surface area contributed by atoms with Gasteiger partial charge in [-0.05, 0) is 42.0 Å². The number of terminal acetylenes is 1. The first kappa shape index (κ1) is 21.3. The van der Waals surface area contributed by atoms with Crippen LogP contribution in [-0.2, 0) is 0 Å². The fraction of sp³-hybridized carbons (Fsp3) is 0.0833. The number of aromatic nitrogens is 1. The van der Waals surface area contributed by atoms with Gasteiger partial charge in [0.05, 0.1) is 17.5 Å². The number of anilines is 2. The SMILES string of the molecule is C#Cc1ccc(NC(=O)c2ccccc2NC(=O)c2ccc(C=NN(C)C)cc2)nc1. The van der Waals surface area contributed by atoms with Gasteiger partial charge in [0.15, 0.2) is 0 Å². The lowest BCUT2D eigenvalue weighted by Gasteiger charge is -2.11. The van der Waals surface area contributed by atoms with Gasteiger partial charge in [-0.25, -0.2) is 4.98 Å². The molecule has 0 spiro atoms. The van der Waals surface area contributed by atoms with E-state index in [1.165, 1.54) is 6.20 Å². The maximum absolute atomic E-state index is 12.7. The highest BCUT2D eigenvalue weighted by molar-refractivity contribution is 6.12. The molecule has 0 atom stereocenters. The van der Waals surface area contributed by atoms with Gasteiger partial charge < -0.3 is 15.6 Å². The van der Waals surface area contributed by atoms with Crippen LogP contribution in [0.2, 0.25) is 0 Å². The average Bonchev–Trinajstić information content (AvgIpc) is 2.78. The van der Waals surface area contributed by atoms with Crippen LogP contribution in [0.3, 0.4) is 0 Å². The zero-order valence-electron chi connectivity index (χ0n) is 17.2. The van der Waals surface area contributed by atoms with Gasteiger partial charge >= 0.3 is 0 Å². The van der Waals surface area contributed by atoms with Gasteiger partial charge in [-0.2, -0.15) is 5.10 Å². The van der Waals surface area contributed by atoms with Crippen molar-refractivity contribution in [2.75, 3.05) is 24.7 Å². The van der Waals surface area contributed by atoms with Gasteiger partial charge in [0.25, 0.3) is 11.8 Å². The maximum atomic E-state index is 12.7. The molecule has 1 aromatic heterocycles. The van der Waals surface area contributed by atoms with Crippen molar-refractivity contribution >= 4 is 29.5 Å². The number of hydrazone groups is 1. The maximum Gasteiger partial charge on any atom is 0.258 e. The van der Waals surface area contributed by atoms with Crippen LogP contribution < -0.4 is 10.6 Å². The summed E-state index contributed by atoms with van der Waals surface area (Å²) < 4.78 is 0. The van der Waals surface area contributed by atoms with Crippen molar-refractivity contribution in [1.82, 2.24) is 9.99 Å². The van der Waals surface area contributed by atoms with Crippen molar-refractivity contribution in [3.8, 4) is 12.3 Å². The van der Waals surface area contributed by atoms with E-state index in [1.807, 2.05) is 14.1 Å². The monoisotopic (exact) mass is 411 g/mol. The van der Waals surface area contributed by atoms with Crippen LogP contribution in [0.1, 0.15) is 31.8 Å². The zero-order valence-corrected chi connectivity index (χ0v) is 17.2. The largest absolute Gasteiger partial charge is 0.321 e. The van der Waals surface area contributed by atoms with Crippen LogP contribution in [0, 0.1) is 12.3 Å². The smallest absolute Gasteiger partial charge is 0.258 e. The molecule has 1 heterocycles. The summed E-state index contributed by atoms with van der Waals surface area (Å²) in [6.07, 6.45) is 8.51. The van der Waals surface area contributed by atoms with Crippen molar-refractivity contribution in [2.45, 2.75) is 0 Å². The van der Waals surface area contributed by atoms with E-state index in [9.17, 15) is 9.59 Å². The van der Waals surface area contributed by atoms with E-state index in [-0.39, 0.29) is 5.91 Å². The summed E-state index contributed by atoms with van der Waals surface area (Å²) in [6, 6.07) is 17.1. The Kier molecular flexibility index (Phi) is 6.76. The summed E-state index contributed by atoms with van der Waals surface area (Å²) in [4.78, 5) is 29.5. The number of hydrogen-bond donors (Lipinski definition) is 2. The minimum absolute atomic E-state index is 0.313. The molecular weight excluding hydrogens is 390 g/mol. The van der Waals surface area contributed by atoms with Gasteiger partial charge in [-0.15, -0.1) is 6.42 Å². The lowest BCUT2D eigenvalue weighted by Crippen LogP contribution is -2.18. The second-order valence-electron chi connectivity index (χ2n) is 6.74. The highest BCUT2D eigenvalue weighted by atomic mass is 16.2. The van der Waals surface area contributed by atoms with Crippen LogP contribution in [0.5, 0.6) is 0 Å². The molecule has 7 heteroatoms. The standard InChI is InChI=1S/C24H21N5O2/c1-4-17-11-14-22(25-15-17)28-24(31)20-7-5-6-8-21(20)27-23(30)19-12-9-18(10-13-19)16-26-29(2)3/h1,5-16H,2-3H3,(H,27,30)(H,25,28,31). The third kappa shape index (κ3) is 5.78. The lowest BCUT2D eigenvalue weighted by atomic mass is 10.1. The molecule has 2 aromatic carbocycles. The number of hydrogen-bond acceptors (Lipinski definition) is 5. The summed E-state index contributed by atoms with van der Waals surface area (Å²) in [6.45, 7) is 0. The molecule has 3 aromatic rings. The van der Waals surface area contributed by atoms with Gasteiger partial charge in [0, 0.05) is 31.4 Å². The quantitative estimate of drug-likeness (QED) is 0.369. The Bertz CT molecular complexity index is 1140. The van der Waals surface area contributed by atoms with Crippen LogP contribution in [0.25, 0.3) is 0 Å². The molecule has 2 amide bonds. The Hall–Kier alpha value is -4.44. The van der Waals surface area contributed by atoms with E-state index in [4.69, 9.17) is 6.42 Å². The molecule has 0 aliphatic carbocycles. The molecule has 0 saturated heterocycles. The molecule has 2 N–H and O–H groups in total. The average molecular weight is 411 g/mol. The molecular formula is C24H21N5O2. The molecule has 0 unspecified atom stereocenters. The highest BCUT2D eigenvalue weighted by Gasteiger charge is 2.14. The number of benzene rings is 2. The molecule has 31 heavy (non-hydrogen) atoms. The van der Waals surface area contributed by atoms with Gasteiger partial charge in [0.1, 0.15) is 5.82 Å². The first-order valence-electron chi connectivity index (χ1n) is 9.42. The Morgan fingerprint density at radius 2 is 1.74 bits per heavy atom. The second-order valence-corrected chi connectivity index (χ2v) is 6.74. The normalized spacial score (nSPS) is 10.4. The Balaban J connectivity index is 1.73. The van der Waals surface area contributed by atoms with E-state index in [0.29, 0.717) is 28.2 Å². The minimum Gasteiger partial charge on any atom is -0.321 e.